The molecule has 0 saturated heterocycles. The third-order valence-electron chi connectivity index (χ3n) is 4.89. The highest BCUT2D eigenvalue weighted by atomic mass is 32.2. The second-order valence-corrected chi connectivity index (χ2v) is 7.74. The van der Waals surface area contributed by atoms with Crippen LogP contribution in [0.5, 0.6) is 5.75 Å². The number of hydrogen-bond acceptors (Lipinski definition) is 7. The molecule has 0 N–H and O–H groups in total. The topological polar surface area (TPSA) is 105 Å². The summed E-state index contributed by atoms with van der Waals surface area (Å²) in [6.07, 6.45) is 1.58. The monoisotopic (exact) mass is 445 g/mol. The molecule has 0 fully saturated rings. The molecule has 3 aromatic heterocycles. The van der Waals surface area contributed by atoms with Crippen molar-refractivity contribution < 1.29 is 9.66 Å². The van der Waals surface area contributed by atoms with Crippen LogP contribution in [-0.2, 0) is 0 Å². The van der Waals surface area contributed by atoms with Gasteiger partial charge in [0, 0.05) is 12.1 Å². The van der Waals surface area contributed by atoms with Crippen molar-refractivity contribution in [1.29, 1.82) is 0 Å². The number of para-hydroxylation sites is 1. The first kappa shape index (κ1) is 19.8. The molecule has 0 aliphatic carbocycles. The average molecular weight is 445 g/mol. The van der Waals surface area contributed by atoms with Crippen LogP contribution >= 0.6 is 11.8 Å². The van der Waals surface area contributed by atoms with E-state index in [1.165, 1.54) is 16.1 Å². The lowest BCUT2D eigenvalue weighted by Gasteiger charge is -2.13. The minimum absolute atomic E-state index is 0.139. The van der Waals surface area contributed by atoms with Gasteiger partial charge in [0.05, 0.1) is 29.9 Å². The van der Waals surface area contributed by atoms with Gasteiger partial charge < -0.3 is 14.9 Å². The van der Waals surface area contributed by atoms with Gasteiger partial charge in [-0.3, -0.25) is 9.36 Å². The third-order valence-corrected chi connectivity index (χ3v) is 5.81. The maximum absolute atomic E-state index is 13.4. The summed E-state index contributed by atoms with van der Waals surface area (Å²) in [7, 11) is 1.54. The fraction of sp³-hybridized carbons (Fsp3) is 0.0455. The minimum Gasteiger partial charge on any atom is -0.497 e. The molecule has 9 nitrogen and oxygen atoms in total. The van der Waals surface area contributed by atoms with Crippen molar-refractivity contribution >= 4 is 34.1 Å². The summed E-state index contributed by atoms with van der Waals surface area (Å²) in [4.78, 5) is 33.8. The summed E-state index contributed by atoms with van der Waals surface area (Å²) in [5.41, 5.74) is 1.16. The Kier molecular flexibility index (Phi) is 4.83. The van der Waals surface area contributed by atoms with Crippen molar-refractivity contribution in [3.8, 4) is 11.4 Å². The Bertz CT molecular complexity index is 1560. The van der Waals surface area contributed by atoms with E-state index in [0.717, 1.165) is 11.8 Å². The minimum atomic E-state index is -0.489. The standard InChI is InChI=1S/C22H15N5O4S/c1-31-15-8-6-7-14(13-15)26-21(28)16-9-2-3-10-17(16)23-22(26)32-19-20(27(29)30)25-12-5-4-11-18(25)24-19/h2-13H,1H3. The van der Waals surface area contributed by atoms with E-state index in [1.807, 2.05) is 0 Å². The van der Waals surface area contributed by atoms with Crippen LogP contribution in [0.25, 0.3) is 22.2 Å². The molecular formula is C22H15N5O4S. The maximum atomic E-state index is 13.4. The van der Waals surface area contributed by atoms with Crippen LogP contribution in [0.4, 0.5) is 5.82 Å². The molecule has 0 spiro atoms. The summed E-state index contributed by atoms with van der Waals surface area (Å²) in [5, 5.41) is 12.7. The largest absolute Gasteiger partial charge is 0.497 e. The van der Waals surface area contributed by atoms with Crippen molar-refractivity contribution in [3.63, 3.8) is 0 Å². The number of nitrogens with zero attached hydrogens (tertiary/aromatic N) is 5. The smallest absolute Gasteiger partial charge is 0.362 e. The Balaban J connectivity index is 1.77. The number of fused-ring (bicyclic) bond motifs is 2. The maximum Gasteiger partial charge on any atom is 0.362 e. The highest BCUT2D eigenvalue weighted by Gasteiger charge is 2.26. The molecule has 32 heavy (non-hydrogen) atoms. The fourth-order valence-corrected chi connectivity index (χ4v) is 4.44. The summed E-state index contributed by atoms with van der Waals surface area (Å²) < 4.78 is 8.12. The van der Waals surface area contributed by atoms with E-state index in [1.54, 1.807) is 72.9 Å². The molecule has 2 aromatic carbocycles. The van der Waals surface area contributed by atoms with E-state index in [0.29, 0.717) is 28.0 Å². The van der Waals surface area contributed by atoms with Gasteiger partial charge in [-0.05, 0) is 47.0 Å². The highest BCUT2D eigenvalue weighted by molar-refractivity contribution is 7.99. The lowest BCUT2D eigenvalue weighted by Crippen LogP contribution is -2.21. The SMILES string of the molecule is COc1cccc(-n2c(Sc3nc4ccccn4c3[N+](=O)[O-])nc3ccccc3c2=O)c1. The molecule has 0 amide bonds. The molecule has 0 saturated carbocycles. The van der Waals surface area contributed by atoms with E-state index in [2.05, 4.69) is 9.97 Å². The predicted molar refractivity (Wildman–Crippen MR) is 120 cm³/mol. The Labute approximate surface area is 185 Å². The lowest BCUT2D eigenvalue weighted by molar-refractivity contribution is -0.393. The number of methoxy groups -OCH3 is 1. The van der Waals surface area contributed by atoms with Gasteiger partial charge in [-0.1, -0.05) is 24.3 Å². The van der Waals surface area contributed by atoms with Gasteiger partial charge in [-0.2, -0.15) is 9.38 Å². The molecule has 3 heterocycles. The number of benzene rings is 2. The number of nitro groups is 1. The van der Waals surface area contributed by atoms with Crippen molar-refractivity contribution in [2.24, 2.45) is 0 Å². The van der Waals surface area contributed by atoms with Crippen LogP contribution in [0.2, 0.25) is 0 Å². The number of ether oxygens (including phenoxy) is 1. The molecule has 158 valence electrons. The molecule has 10 heteroatoms. The number of imidazole rings is 1. The molecule has 0 aliphatic heterocycles. The Morgan fingerprint density at radius 1 is 1.03 bits per heavy atom. The Hall–Kier alpha value is -4.18. The number of hydrogen-bond donors (Lipinski definition) is 0. The van der Waals surface area contributed by atoms with Gasteiger partial charge in [-0.15, -0.1) is 0 Å². The van der Waals surface area contributed by atoms with Crippen LogP contribution < -0.4 is 10.3 Å². The second kappa shape index (κ2) is 7.82. The van der Waals surface area contributed by atoms with Crippen LogP contribution in [0.3, 0.4) is 0 Å². The summed E-state index contributed by atoms with van der Waals surface area (Å²) in [6, 6.07) is 19.1. The van der Waals surface area contributed by atoms with Crippen LogP contribution in [-0.4, -0.2) is 31.0 Å². The van der Waals surface area contributed by atoms with Crippen molar-refractivity contribution in [1.82, 2.24) is 18.9 Å². The summed E-state index contributed by atoms with van der Waals surface area (Å²) in [5.74, 6) is 0.377. The van der Waals surface area contributed by atoms with Crippen LogP contribution in [0, 0.1) is 10.1 Å². The molecule has 0 unspecified atom stereocenters. The zero-order valence-corrected chi connectivity index (χ0v) is 17.5. The lowest BCUT2D eigenvalue weighted by atomic mass is 10.2. The van der Waals surface area contributed by atoms with Gasteiger partial charge >= 0.3 is 5.82 Å². The second-order valence-electron chi connectivity index (χ2n) is 6.78. The van der Waals surface area contributed by atoms with E-state index in [4.69, 9.17) is 4.74 Å². The van der Waals surface area contributed by atoms with E-state index >= 15 is 0 Å². The Morgan fingerprint density at radius 3 is 2.66 bits per heavy atom. The van der Waals surface area contributed by atoms with Gasteiger partial charge in [0.1, 0.15) is 5.75 Å². The zero-order chi connectivity index (χ0) is 22.2. The first-order chi connectivity index (χ1) is 15.6. The normalized spacial score (nSPS) is 11.2. The van der Waals surface area contributed by atoms with Crippen LogP contribution in [0.1, 0.15) is 0 Å². The predicted octanol–water partition coefficient (Wildman–Crippen LogP) is 4.10. The first-order valence-electron chi connectivity index (χ1n) is 9.52. The van der Waals surface area contributed by atoms with Gasteiger partial charge in [-0.25, -0.2) is 4.98 Å². The molecule has 5 aromatic rings. The van der Waals surface area contributed by atoms with E-state index < -0.39 is 4.92 Å². The first-order valence-corrected chi connectivity index (χ1v) is 10.3. The molecule has 0 atom stereocenters. The van der Waals surface area contributed by atoms with Crippen molar-refractivity contribution in [2.45, 2.75) is 10.2 Å². The number of rotatable bonds is 5. The number of pyridine rings is 1. The molecular weight excluding hydrogens is 430 g/mol. The summed E-state index contributed by atoms with van der Waals surface area (Å²) >= 11 is 0.970. The molecule has 0 radical (unpaired) electrons. The Morgan fingerprint density at radius 2 is 1.84 bits per heavy atom. The third kappa shape index (κ3) is 3.26. The molecule has 0 bridgehead atoms. The summed E-state index contributed by atoms with van der Waals surface area (Å²) in [6.45, 7) is 0. The van der Waals surface area contributed by atoms with Gasteiger partial charge in [0.2, 0.25) is 10.7 Å². The molecule has 5 rings (SSSR count). The van der Waals surface area contributed by atoms with Crippen molar-refractivity contribution in [2.75, 3.05) is 7.11 Å². The number of aromatic nitrogens is 4. The highest BCUT2D eigenvalue weighted by Crippen LogP contribution is 2.35. The van der Waals surface area contributed by atoms with Gasteiger partial charge in [0.15, 0.2) is 5.16 Å². The van der Waals surface area contributed by atoms with Gasteiger partial charge in [0.25, 0.3) is 5.56 Å². The van der Waals surface area contributed by atoms with Crippen molar-refractivity contribution in [3.05, 3.63) is 93.4 Å². The average Bonchev–Trinajstić information content (AvgIpc) is 3.17. The quantitative estimate of drug-likeness (QED) is 0.228. The van der Waals surface area contributed by atoms with Crippen LogP contribution in [0.15, 0.2) is 87.9 Å². The van der Waals surface area contributed by atoms with E-state index in [-0.39, 0.29) is 21.6 Å². The zero-order valence-electron chi connectivity index (χ0n) is 16.7. The molecule has 0 aliphatic rings. The fourth-order valence-electron chi connectivity index (χ4n) is 3.44. The van der Waals surface area contributed by atoms with E-state index in [9.17, 15) is 14.9 Å².